The lowest BCUT2D eigenvalue weighted by molar-refractivity contribution is 0.0925. The minimum Gasteiger partial charge on any atom is -0.308 e. The summed E-state index contributed by atoms with van der Waals surface area (Å²) in [6.45, 7) is 5.09. The highest BCUT2D eigenvalue weighted by atomic mass is 19.1. The second-order valence-corrected chi connectivity index (χ2v) is 5.01. The van der Waals surface area contributed by atoms with Gasteiger partial charge in [0.2, 0.25) is 0 Å². The van der Waals surface area contributed by atoms with Crippen LogP contribution in [0.3, 0.4) is 0 Å². The monoisotopic (exact) mass is 266 g/mol. The summed E-state index contributed by atoms with van der Waals surface area (Å²) in [4.78, 5) is 16.3. The second-order valence-electron chi connectivity index (χ2n) is 5.01. The third kappa shape index (κ3) is 5.94. The number of ketones is 1. The Balaban J connectivity index is 2.60. The van der Waals surface area contributed by atoms with E-state index in [1.165, 1.54) is 12.1 Å². The van der Waals surface area contributed by atoms with E-state index in [4.69, 9.17) is 0 Å². The number of carbonyl (C=O) groups is 1. The SMILES string of the molecule is CCCN(CCN(C)C)CC(=O)c1cccc(F)c1. The van der Waals surface area contributed by atoms with Gasteiger partial charge in [-0.2, -0.15) is 0 Å². The van der Waals surface area contributed by atoms with E-state index in [9.17, 15) is 9.18 Å². The maximum absolute atomic E-state index is 13.1. The highest BCUT2D eigenvalue weighted by molar-refractivity contribution is 5.97. The van der Waals surface area contributed by atoms with Gasteiger partial charge in [0.15, 0.2) is 5.78 Å². The molecule has 0 bridgehead atoms. The standard InChI is InChI=1S/C15H23FN2O/c1-4-8-18(10-9-17(2)3)12-15(19)13-6-5-7-14(16)11-13/h5-7,11H,4,8-10,12H2,1-3H3. The molecule has 0 heterocycles. The van der Waals surface area contributed by atoms with Crippen LogP contribution in [0, 0.1) is 5.82 Å². The number of hydrogen-bond acceptors (Lipinski definition) is 3. The van der Waals surface area contributed by atoms with Crippen molar-refractivity contribution in [1.29, 1.82) is 0 Å². The summed E-state index contributed by atoms with van der Waals surface area (Å²) in [5.41, 5.74) is 0.450. The Morgan fingerprint density at radius 2 is 1.95 bits per heavy atom. The number of carbonyl (C=O) groups excluding carboxylic acids is 1. The molecule has 0 aromatic heterocycles. The number of rotatable bonds is 8. The van der Waals surface area contributed by atoms with Crippen LogP contribution < -0.4 is 0 Å². The smallest absolute Gasteiger partial charge is 0.176 e. The molecule has 106 valence electrons. The van der Waals surface area contributed by atoms with Crippen LogP contribution in [-0.4, -0.2) is 55.9 Å². The van der Waals surface area contributed by atoms with Gasteiger partial charge in [-0.3, -0.25) is 9.69 Å². The van der Waals surface area contributed by atoms with Crippen molar-refractivity contribution in [3.05, 3.63) is 35.6 Å². The fraction of sp³-hybridized carbons (Fsp3) is 0.533. The molecule has 0 radical (unpaired) electrons. The summed E-state index contributed by atoms with van der Waals surface area (Å²) in [5.74, 6) is -0.382. The van der Waals surface area contributed by atoms with E-state index in [1.54, 1.807) is 12.1 Å². The van der Waals surface area contributed by atoms with E-state index in [0.717, 1.165) is 26.1 Å². The molecule has 0 N–H and O–H groups in total. The largest absolute Gasteiger partial charge is 0.308 e. The third-order valence-electron chi connectivity index (χ3n) is 2.92. The molecular weight excluding hydrogens is 243 g/mol. The summed E-state index contributed by atoms with van der Waals surface area (Å²) in [5, 5.41) is 0. The van der Waals surface area contributed by atoms with Gasteiger partial charge in [-0.05, 0) is 39.2 Å². The van der Waals surface area contributed by atoms with Gasteiger partial charge in [0, 0.05) is 18.7 Å². The van der Waals surface area contributed by atoms with E-state index in [2.05, 4.69) is 16.7 Å². The summed E-state index contributed by atoms with van der Waals surface area (Å²) in [7, 11) is 4.02. The predicted molar refractivity (Wildman–Crippen MR) is 76.0 cm³/mol. The molecule has 4 heteroatoms. The molecule has 0 aliphatic carbocycles. The van der Waals surface area contributed by atoms with Crippen molar-refractivity contribution in [2.75, 3.05) is 40.3 Å². The van der Waals surface area contributed by atoms with Crippen molar-refractivity contribution >= 4 is 5.78 Å². The van der Waals surface area contributed by atoms with Crippen LogP contribution in [0.25, 0.3) is 0 Å². The predicted octanol–water partition coefficient (Wildman–Crippen LogP) is 2.28. The normalized spacial score (nSPS) is 11.3. The van der Waals surface area contributed by atoms with Crippen molar-refractivity contribution in [2.45, 2.75) is 13.3 Å². The van der Waals surface area contributed by atoms with Crippen LogP contribution in [0.2, 0.25) is 0 Å². The van der Waals surface area contributed by atoms with Crippen LogP contribution in [-0.2, 0) is 0 Å². The molecule has 0 saturated carbocycles. The van der Waals surface area contributed by atoms with Gasteiger partial charge < -0.3 is 4.90 Å². The van der Waals surface area contributed by atoms with Crippen LogP contribution >= 0.6 is 0 Å². The van der Waals surface area contributed by atoms with E-state index >= 15 is 0 Å². The molecule has 0 fully saturated rings. The molecule has 0 amide bonds. The maximum atomic E-state index is 13.1. The zero-order valence-corrected chi connectivity index (χ0v) is 12.0. The quantitative estimate of drug-likeness (QED) is 0.674. The van der Waals surface area contributed by atoms with Crippen molar-refractivity contribution in [1.82, 2.24) is 9.80 Å². The average Bonchev–Trinajstić information content (AvgIpc) is 2.36. The molecule has 0 aliphatic heterocycles. The Hall–Kier alpha value is -1.26. The van der Waals surface area contributed by atoms with Gasteiger partial charge in [0.1, 0.15) is 5.82 Å². The first-order valence-corrected chi connectivity index (χ1v) is 6.68. The van der Waals surface area contributed by atoms with Gasteiger partial charge in [0.25, 0.3) is 0 Å². The Kier molecular flexibility index (Phi) is 6.67. The highest BCUT2D eigenvalue weighted by Crippen LogP contribution is 2.06. The summed E-state index contributed by atoms with van der Waals surface area (Å²) in [6.07, 6.45) is 1.00. The topological polar surface area (TPSA) is 23.6 Å². The molecule has 1 aromatic rings. The number of likely N-dealkylation sites (N-methyl/N-ethyl adjacent to an activating group) is 1. The van der Waals surface area contributed by atoms with Crippen LogP contribution in [0.4, 0.5) is 4.39 Å². The number of hydrogen-bond donors (Lipinski definition) is 0. The average molecular weight is 266 g/mol. The summed E-state index contributed by atoms with van der Waals surface area (Å²) in [6, 6.07) is 5.90. The molecule has 3 nitrogen and oxygen atoms in total. The Morgan fingerprint density at radius 1 is 1.21 bits per heavy atom. The molecule has 0 unspecified atom stereocenters. The van der Waals surface area contributed by atoms with E-state index in [-0.39, 0.29) is 11.6 Å². The fourth-order valence-corrected chi connectivity index (χ4v) is 1.88. The molecule has 1 rings (SSSR count). The maximum Gasteiger partial charge on any atom is 0.176 e. The Morgan fingerprint density at radius 3 is 2.53 bits per heavy atom. The zero-order valence-electron chi connectivity index (χ0n) is 12.0. The molecule has 1 aromatic carbocycles. The Bertz CT molecular complexity index is 407. The third-order valence-corrected chi connectivity index (χ3v) is 2.92. The minimum atomic E-state index is -0.360. The van der Waals surface area contributed by atoms with Gasteiger partial charge in [-0.25, -0.2) is 4.39 Å². The fourth-order valence-electron chi connectivity index (χ4n) is 1.88. The first-order valence-electron chi connectivity index (χ1n) is 6.68. The molecule has 0 aliphatic rings. The molecule has 0 spiro atoms. The summed E-state index contributed by atoms with van der Waals surface area (Å²) < 4.78 is 13.1. The lowest BCUT2D eigenvalue weighted by Gasteiger charge is -2.22. The van der Waals surface area contributed by atoms with Crippen LogP contribution in [0.5, 0.6) is 0 Å². The van der Waals surface area contributed by atoms with E-state index < -0.39 is 0 Å². The Labute approximate surface area is 115 Å². The van der Waals surface area contributed by atoms with Gasteiger partial charge in [0.05, 0.1) is 6.54 Å². The molecule has 0 atom stereocenters. The minimum absolute atomic E-state index is 0.0216. The van der Waals surface area contributed by atoms with Crippen molar-refractivity contribution in [2.24, 2.45) is 0 Å². The second kappa shape index (κ2) is 8.02. The molecule has 19 heavy (non-hydrogen) atoms. The van der Waals surface area contributed by atoms with Crippen LogP contribution in [0.1, 0.15) is 23.7 Å². The van der Waals surface area contributed by atoms with Crippen molar-refractivity contribution < 1.29 is 9.18 Å². The zero-order chi connectivity index (χ0) is 14.3. The lowest BCUT2D eigenvalue weighted by Crippen LogP contribution is -2.36. The van der Waals surface area contributed by atoms with Gasteiger partial charge in [-0.15, -0.1) is 0 Å². The lowest BCUT2D eigenvalue weighted by atomic mass is 10.1. The van der Waals surface area contributed by atoms with Gasteiger partial charge >= 0.3 is 0 Å². The summed E-state index contributed by atoms with van der Waals surface area (Å²) >= 11 is 0. The van der Waals surface area contributed by atoms with E-state index in [0.29, 0.717) is 12.1 Å². The molecular formula is C15H23FN2O. The number of nitrogens with zero attached hydrogens (tertiary/aromatic N) is 2. The van der Waals surface area contributed by atoms with Gasteiger partial charge in [-0.1, -0.05) is 19.1 Å². The van der Waals surface area contributed by atoms with Crippen LogP contribution in [0.15, 0.2) is 24.3 Å². The number of Topliss-reactive ketones (excluding diaryl/α,β-unsaturated/α-hetero) is 1. The first-order chi connectivity index (χ1) is 9.02. The van der Waals surface area contributed by atoms with Crippen molar-refractivity contribution in [3.63, 3.8) is 0 Å². The number of benzene rings is 1. The highest BCUT2D eigenvalue weighted by Gasteiger charge is 2.12. The first kappa shape index (κ1) is 15.8. The van der Waals surface area contributed by atoms with Crippen molar-refractivity contribution in [3.8, 4) is 0 Å². The van der Waals surface area contributed by atoms with E-state index in [1.807, 2.05) is 14.1 Å². The molecule has 0 saturated heterocycles. The number of halogens is 1.